The molecule has 3 N–H and O–H groups in total. The van der Waals surface area contributed by atoms with Crippen molar-refractivity contribution in [2.75, 3.05) is 26.2 Å². The third kappa shape index (κ3) is 6.60. The van der Waals surface area contributed by atoms with E-state index in [9.17, 15) is 9.90 Å². The highest BCUT2D eigenvalue weighted by molar-refractivity contribution is 5.74. The summed E-state index contributed by atoms with van der Waals surface area (Å²) in [6, 6.07) is 0.114. The molecule has 140 valence electrons. The Kier molecular flexibility index (Phi) is 7.35. The minimum absolute atomic E-state index is 0.149. The highest BCUT2D eigenvalue weighted by Gasteiger charge is 2.25. The van der Waals surface area contributed by atoms with E-state index in [0.29, 0.717) is 6.54 Å². The van der Waals surface area contributed by atoms with Gasteiger partial charge in [0.2, 0.25) is 0 Å². The molecule has 2 amide bonds. The maximum Gasteiger partial charge on any atom is 0.315 e. The SMILES string of the molecule is CC(C)(C)C(O)CNC(=O)NC1CCN(CC2CCCCC2)CC1. The van der Waals surface area contributed by atoms with Gasteiger partial charge in [-0.1, -0.05) is 40.0 Å². The van der Waals surface area contributed by atoms with Crippen molar-refractivity contribution in [3.63, 3.8) is 0 Å². The average molecular weight is 340 g/mol. The molecule has 0 aromatic carbocycles. The quantitative estimate of drug-likeness (QED) is 0.721. The Morgan fingerprint density at radius 3 is 2.33 bits per heavy atom. The van der Waals surface area contributed by atoms with Crippen LogP contribution in [0.15, 0.2) is 0 Å². The molecule has 24 heavy (non-hydrogen) atoms. The fraction of sp³-hybridized carbons (Fsp3) is 0.947. The summed E-state index contributed by atoms with van der Waals surface area (Å²) in [6.45, 7) is 9.64. The molecule has 5 nitrogen and oxygen atoms in total. The third-order valence-corrected chi connectivity index (χ3v) is 5.62. The van der Waals surface area contributed by atoms with Crippen molar-refractivity contribution in [2.24, 2.45) is 11.3 Å². The summed E-state index contributed by atoms with van der Waals surface area (Å²) in [5.41, 5.74) is -0.211. The van der Waals surface area contributed by atoms with Gasteiger partial charge in [-0.3, -0.25) is 0 Å². The van der Waals surface area contributed by atoms with Gasteiger partial charge in [-0.25, -0.2) is 4.79 Å². The van der Waals surface area contributed by atoms with E-state index in [2.05, 4.69) is 15.5 Å². The highest BCUT2D eigenvalue weighted by Crippen LogP contribution is 2.25. The van der Waals surface area contributed by atoms with E-state index in [1.165, 1.54) is 38.6 Å². The number of carbonyl (C=O) groups is 1. The summed E-state index contributed by atoms with van der Waals surface area (Å²) in [5, 5.41) is 15.8. The van der Waals surface area contributed by atoms with Crippen molar-refractivity contribution < 1.29 is 9.90 Å². The van der Waals surface area contributed by atoms with E-state index in [1.807, 2.05) is 20.8 Å². The molecule has 5 heteroatoms. The first-order valence-electron chi connectivity index (χ1n) is 9.79. The van der Waals surface area contributed by atoms with Crippen LogP contribution in [0.1, 0.15) is 65.7 Å². The summed E-state index contributed by atoms with van der Waals surface area (Å²) >= 11 is 0. The molecule has 1 heterocycles. The fourth-order valence-electron chi connectivity index (χ4n) is 3.73. The topological polar surface area (TPSA) is 64.6 Å². The number of aliphatic hydroxyl groups excluding tert-OH is 1. The first-order chi connectivity index (χ1) is 11.3. The Labute approximate surface area is 147 Å². The van der Waals surface area contributed by atoms with Gasteiger partial charge in [0.1, 0.15) is 0 Å². The summed E-state index contributed by atoms with van der Waals surface area (Å²) in [4.78, 5) is 14.6. The number of amides is 2. The van der Waals surface area contributed by atoms with Gasteiger partial charge in [0.05, 0.1) is 6.10 Å². The molecule has 1 saturated carbocycles. The number of nitrogens with one attached hydrogen (secondary N) is 2. The fourth-order valence-corrected chi connectivity index (χ4v) is 3.73. The van der Waals surface area contributed by atoms with Crippen LogP contribution in [0.2, 0.25) is 0 Å². The molecule has 1 unspecified atom stereocenters. The van der Waals surface area contributed by atoms with Gasteiger partial charge in [0.15, 0.2) is 0 Å². The lowest BCUT2D eigenvalue weighted by molar-refractivity contribution is 0.0647. The van der Waals surface area contributed by atoms with Crippen LogP contribution in [0.3, 0.4) is 0 Å². The number of piperidine rings is 1. The number of hydrogen-bond acceptors (Lipinski definition) is 3. The highest BCUT2D eigenvalue weighted by atomic mass is 16.3. The summed E-state index contributed by atoms with van der Waals surface area (Å²) in [6.07, 6.45) is 8.56. The second-order valence-corrected chi connectivity index (χ2v) is 8.82. The van der Waals surface area contributed by atoms with Crippen molar-refractivity contribution >= 4 is 6.03 Å². The zero-order valence-electron chi connectivity index (χ0n) is 15.8. The van der Waals surface area contributed by atoms with Crippen LogP contribution in [-0.4, -0.2) is 54.4 Å². The predicted molar refractivity (Wildman–Crippen MR) is 98.0 cm³/mol. The monoisotopic (exact) mass is 339 g/mol. The van der Waals surface area contributed by atoms with E-state index in [-0.39, 0.29) is 17.5 Å². The van der Waals surface area contributed by atoms with E-state index in [0.717, 1.165) is 31.8 Å². The molecule has 0 aromatic heterocycles. The molecule has 0 radical (unpaired) electrons. The standard InChI is InChI=1S/C19H37N3O2/c1-19(2,3)17(23)13-20-18(24)21-16-9-11-22(12-10-16)14-15-7-5-4-6-8-15/h15-17,23H,4-14H2,1-3H3,(H2,20,21,24). The Bertz CT molecular complexity index is 381. The summed E-state index contributed by atoms with van der Waals surface area (Å²) in [5.74, 6) is 0.894. The van der Waals surface area contributed by atoms with Crippen molar-refractivity contribution in [3.05, 3.63) is 0 Å². The Morgan fingerprint density at radius 2 is 1.75 bits per heavy atom. The molecule has 2 rings (SSSR count). The first-order valence-corrected chi connectivity index (χ1v) is 9.79. The molecule has 0 spiro atoms. The summed E-state index contributed by atoms with van der Waals surface area (Å²) in [7, 11) is 0. The molecule has 0 aromatic rings. The number of aliphatic hydroxyl groups is 1. The van der Waals surface area contributed by atoms with E-state index in [4.69, 9.17) is 0 Å². The van der Waals surface area contributed by atoms with Crippen LogP contribution in [0, 0.1) is 11.3 Å². The Balaban J connectivity index is 1.61. The number of nitrogens with zero attached hydrogens (tertiary/aromatic N) is 1. The van der Waals surface area contributed by atoms with E-state index >= 15 is 0 Å². The van der Waals surface area contributed by atoms with Crippen LogP contribution in [0.4, 0.5) is 4.79 Å². The van der Waals surface area contributed by atoms with Crippen molar-refractivity contribution in [2.45, 2.75) is 77.9 Å². The van der Waals surface area contributed by atoms with Crippen LogP contribution in [-0.2, 0) is 0 Å². The van der Waals surface area contributed by atoms with E-state index < -0.39 is 6.10 Å². The molecule has 1 saturated heterocycles. The first kappa shape index (κ1) is 19.5. The minimum atomic E-state index is -0.527. The minimum Gasteiger partial charge on any atom is -0.391 e. The second-order valence-electron chi connectivity index (χ2n) is 8.82. The average Bonchev–Trinajstić information content (AvgIpc) is 2.54. The van der Waals surface area contributed by atoms with Gasteiger partial charge in [-0.05, 0) is 37.0 Å². The van der Waals surface area contributed by atoms with Gasteiger partial charge in [0.25, 0.3) is 0 Å². The van der Waals surface area contributed by atoms with Crippen molar-refractivity contribution in [1.82, 2.24) is 15.5 Å². The predicted octanol–water partition coefficient (Wildman–Crippen LogP) is 2.74. The maximum absolute atomic E-state index is 12.0. The Hall–Kier alpha value is -0.810. The van der Waals surface area contributed by atoms with Crippen LogP contribution < -0.4 is 10.6 Å². The summed E-state index contributed by atoms with van der Waals surface area (Å²) < 4.78 is 0. The lowest BCUT2D eigenvalue weighted by atomic mass is 9.88. The molecular weight excluding hydrogens is 302 g/mol. The zero-order valence-corrected chi connectivity index (χ0v) is 15.8. The molecule has 1 atom stereocenters. The molecule has 2 fully saturated rings. The Morgan fingerprint density at radius 1 is 1.12 bits per heavy atom. The molecule has 1 aliphatic carbocycles. The largest absolute Gasteiger partial charge is 0.391 e. The van der Waals surface area contributed by atoms with Crippen molar-refractivity contribution in [1.29, 1.82) is 0 Å². The van der Waals surface area contributed by atoms with Crippen LogP contribution in [0.25, 0.3) is 0 Å². The van der Waals surface area contributed by atoms with Gasteiger partial charge >= 0.3 is 6.03 Å². The van der Waals surface area contributed by atoms with Crippen LogP contribution >= 0.6 is 0 Å². The second kappa shape index (κ2) is 9.04. The number of rotatable bonds is 5. The van der Waals surface area contributed by atoms with Crippen molar-refractivity contribution in [3.8, 4) is 0 Å². The number of urea groups is 1. The molecule has 2 aliphatic rings. The van der Waals surface area contributed by atoms with Gasteiger partial charge in [0, 0.05) is 32.2 Å². The molecule has 1 aliphatic heterocycles. The lowest BCUT2D eigenvalue weighted by Crippen LogP contribution is -2.50. The zero-order chi connectivity index (χ0) is 17.6. The molecular formula is C19H37N3O2. The number of hydrogen-bond donors (Lipinski definition) is 3. The van der Waals surface area contributed by atoms with Gasteiger partial charge in [-0.15, -0.1) is 0 Å². The normalized spacial score (nSPS) is 23.0. The number of carbonyl (C=O) groups excluding carboxylic acids is 1. The molecule has 0 bridgehead atoms. The van der Waals surface area contributed by atoms with E-state index in [1.54, 1.807) is 0 Å². The third-order valence-electron chi connectivity index (χ3n) is 5.62. The lowest BCUT2D eigenvalue weighted by Gasteiger charge is -2.35. The maximum atomic E-state index is 12.0. The smallest absolute Gasteiger partial charge is 0.315 e. The number of likely N-dealkylation sites (tertiary alicyclic amines) is 1. The van der Waals surface area contributed by atoms with Gasteiger partial charge in [-0.2, -0.15) is 0 Å². The van der Waals surface area contributed by atoms with Gasteiger partial charge < -0.3 is 20.6 Å². The van der Waals surface area contributed by atoms with Crippen LogP contribution in [0.5, 0.6) is 0 Å².